The Labute approximate surface area is 152 Å². The van der Waals surface area contributed by atoms with Crippen molar-refractivity contribution < 1.29 is 5.02 Å². The summed E-state index contributed by atoms with van der Waals surface area (Å²) in [7, 11) is 0. The van der Waals surface area contributed by atoms with Crippen LogP contribution in [-0.4, -0.2) is 43.0 Å². The van der Waals surface area contributed by atoms with Crippen molar-refractivity contribution in [1.29, 1.82) is 0 Å². The van der Waals surface area contributed by atoms with Gasteiger partial charge < -0.3 is 15.2 Å². The van der Waals surface area contributed by atoms with Crippen LogP contribution in [0.1, 0.15) is 35.1 Å². The fraction of sp³-hybridized carbons (Fsp3) is 0.619. The highest BCUT2D eigenvalue weighted by Gasteiger charge is 2.32. The minimum atomic E-state index is -0.144. The van der Waals surface area contributed by atoms with Crippen molar-refractivity contribution in [3.63, 3.8) is 0 Å². The molecule has 0 aromatic heterocycles. The van der Waals surface area contributed by atoms with E-state index in [4.69, 9.17) is 0 Å². The van der Waals surface area contributed by atoms with E-state index in [1.807, 2.05) is 0 Å². The van der Waals surface area contributed by atoms with Gasteiger partial charge in [0.05, 0.1) is 0 Å². The normalized spacial score (nSPS) is 21.8. The van der Waals surface area contributed by atoms with Crippen molar-refractivity contribution in [2.75, 3.05) is 26.2 Å². The van der Waals surface area contributed by atoms with Crippen molar-refractivity contribution in [3.05, 3.63) is 46.7 Å². The molecule has 1 aromatic rings. The molecule has 0 spiro atoms. The Bertz CT molecular complexity index is 648. The lowest BCUT2D eigenvalue weighted by Crippen LogP contribution is -2.48. The minimum Gasteiger partial charge on any atom is -0.450 e. The molecule has 0 aliphatic carbocycles. The Balaban J connectivity index is 1.35. The van der Waals surface area contributed by atoms with Gasteiger partial charge in [-0.3, -0.25) is 0 Å². The number of rotatable bonds is 4. The van der Waals surface area contributed by atoms with Crippen molar-refractivity contribution in [1.82, 2.24) is 10.2 Å². The summed E-state index contributed by atoms with van der Waals surface area (Å²) in [6.07, 6.45) is 6.45. The SMILES string of the molecule is C=C(C1CCNCC1)N1CC(Cc2ccc3c(c2C)CB(O)CC3)C1. The lowest BCUT2D eigenvalue weighted by molar-refractivity contribution is 0.121. The Hall–Kier alpha value is -1.26. The fourth-order valence-corrected chi connectivity index (χ4v) is 4.92. The highest BCUT2D eigenvalue weighted by molar-refractivity contribution is 6.50. The molecule has 3 nitrogen and oxygen atoms in total. The first-order chi connectivity index (χ1) is 12.1. The van der Waals surface area contributed by atoms with Crippen molar-refractivity contribution >= 4 is 6.92 Å². The van der Waals surface area contributed by atoms with E-state index in [1.54, 1.807) is 0 Å². The average molecular weight is 338 g/mol. The van der Waals surface area contributed by atoms with Crippen molar-refractivity contribution in [2.24, 2.45) is 11.8 Å². The molecule has 0 unspecified atom stereocenters. The summed E-state index contributed by atoms with van der Waals surface area (Å²) in [5.41, 5.74) is 7.19. The van der Waals surface area contributed by atoms with Crippen molar-refractivity contribution in [3.8, 4) is 0 Å². The van der Waals surface area contributed by atoms with E-state index in [0.29, 0.717) is 5.92 Å². The summed E-state index contributed by atoms with van der Waals surface area (Å²) in [5.74, 6) is 1.44. The van der Waals surface area contributed by atoms with Crippen LogP contribution < -0.4 is 5.32 Å². The number of piperidine rings is 1. The molecule has 3 heterocycles. The summed E-state index contributed by atoms with van der Waals surface area (Å²) in [5, 5.41) is 13.5. The van der Waals surface area contributed by atoms with Crippen molar-refractivity contribution in [2.45, 2.75) is 45.2 Å². The van der Waals surface area contributed by atoms with Gasteiger partial charge in [-0.1, -0.05) is 18.7 Å². The quantitative estimate of drug-likeness (QED) is 0.829. The number of nitrogens with zero attached hydrogens (tertiary/aromatic N) is 1. The number of hydrogen-bond donors (Lipinski definition) is 2. The smallest absolute Gasteiger partial charge is 0.293 e. The lowest BCUT2D eigenvalue weighted by Gasteiger charge is -2.45. The number of benzene rings is 1. The largest absolute Gasteiger partial charge is 0.450 e. The van der Waals surface area contributed by atoms with E-state index in [-0.39, 0.29) is 6.92 Å². The topological polar surface area (TPSA) is 35.5 Å². The number of allylic oxidation sites excluding steroid dienone is 1. The number of nitrogens with one attached hydrogen (secondary N) is 1. The fourth-order valence-electron chi connectivity index (χ4n) is 4.92. The molecule has 3 aliphatic heterocycles. The molecule has 1 aromatic carbocycles. The van der Waals surface area contributed by atoms with Gasteiger partial charge in [-0.15, -0.1) is 0 Å². The third-order valence-corrected chi connectivity index (χ3v) is 6.68. The Kier molecular flexibility index (Phi) is 4.92. The molecule has 25 heavy (non-hydrogen) atoms. The molecule has 3 aliphatic rings. The zero-order chi connectivity index (χ0) is 17.4. The molecule has 0 amide bonds. The van der Waals surface area contributed by atoms with E-state index >= 15 is 0 Å². The van der Waals surface area contributed by atoms with Crippen LogP contribution in [0.25, 0.3) is 0 Å². The van der Waals surface area contributed by atoms with Gasteiger partial charge in [-0.05, 0) is 86.5 Å². The monoisotopic (exact) mass is 338 g/mol. The maximum atomic E-state index is 10.0. The maximum absolute atomic E-state index is 10.0. The van der Waals surface area contributed by atoms with Crippen LogP contribution in [0.2, 0.25) is 6.32 Å². The summed E-state index contributed by atoms with van der Waals surface area (Å²) in [6, 6.07) is 4.66. The second kappa shape index (κ2) is 7.16. The molecule has 4 rings (SSSR count). The number of fused-ring (bicyclic) bond motifs is 1. The number of hydrogen-bond acceptors (Lipinski definition) is 3. The van der Waals surface area contributed by atoms with Crippen LogP contribution >= 0.6 is 0 Å². The van der Waals surface area contributed by atoms with Crippen LogP contribution in [0.3, 0.4) is 0 Å². The first-order valence-electron chi connectivity index (χ1n) is 10.0. The van der Waals surface area contributed by atoms with Gasteiger partial charge in [0.1, 0.15) is 0 Å². The highest BCUT2D eigenvalue weighted by Crippen LogP contribution is 2.33. The minimum absolute atomic E-state index is 0.144. The van der Waals surface area contributed by atoms with Crippen LogP contribution in [0.5, 0.6) is 0 Å². The molecular formula is C21H31BN2O. The van der Waals surface area contributed by atoms with Crippen LogP contribution in [0.4, 0.5) is 0 Å². The summed E-state index contributed by atoms with van der Waals surface area (Å²) in [6.45, 7) is 11.1. The molecule has 2 N–H and O–H groups in total. The zero-order valence-electron chi connectivity index (χ0n) is 15.6. The predicted molar refractivity (Wildman–Crippen MR) is 105 cm³/mol. The van der Waals surface area contributed by atoms with E-state index < -0.39 is 0 Å². The highest BCUT2D eigenvalue weighted by atomic mass is 16.2. The number of aryl methyl sites for hydroxylation is 1. The molecule has 4 heteroatoms. The summed E-state index contributed by atoms with van der Waals surface area (Å²) < 4.78 is 0. The zero-order valence-corrected chi connectivity index (χ0v) is 15.6. The van der Waals surface area contributed by atoms with Gasteiger partial charge >= 0.3 is 0 Å². The molecular weight excluding hydrogens is 307 g/mol. The second-order valence-corrected chi connectivity index (χ2v) is 8.37. The van der Waals surface area contributed by atoms with E-state index in [1.165, 1.54) is 60.3 Å². The maximum Gasteiger partial charge on any atom is 0.293 e. The lowest BCUT2D eigenvalue weighted by atomic mass is 9.54. The van der Waals surface area contributed by atoms with Gasteiger partial charge in [-0.25, -0.2) is 0 Å². The van der Waals surface area contributed by atoms with Crippen LogP contribution in [0, 0.1) is 18.8 Å². The molecule has 0 saturated carbocycles. The summed E-state index contributed by atoms with van der Waals surface area (Å²) in [4.78, 5) is 2.51. The van der Waals surface area contributed by atoms with Gasteiger partial charge in [0.25, 0.3) is 6.92 Å². The van der Waals surface area contributed by atoms with Gasteiger partial charge in [0.2, 0.25) is 0 Å². The molecule has 0 radical (unpaired) electrons. The molecule has 2 fully saturated rings. The first kappa shape index (κ1) is 17.2. The second-order valence-electron chi connectivity index (χ2n) is 8.37. The molecule has 0 atom stereocenters. The third kappa shape index (κ3) is 3.52. The van der Waals surface area contributed by atoms with E-state index in [2.05, 4.69) is 35.9 Å². The van der Waals surface area contributed by atoms with Gasteiger partial charge in [0.15, 0.2) is 0 Å². The predicted octanol–water partition coefficient (Wildman–Crippen LogP) is 2.60. The average Bonchev–Trinajstić information content (AvgIpc) is 2.60. The number of likely N-dealkylation sites (tertiary alicyclic amines) is 1. The van der Waals surface area contributed by atoms with Gasteiger partial charge in [0, 0.05) is 24.7 Å². The Morgan fingerprint density at radius 3 is 2.84 bits per heavy atom. The molecule has 2 saturated heterocycles. The Morgan fingerprint density at radius 2 is 2.08 bits per heavy atom. The van der Waals surface area contributed by atoms with Crippen LogP contribution in [-0.2, 0) is 19.2 Å². The van der Waals surface area contributed by atoms with Crippen LogP contribution in [0.15, 0.2) is 24.4 Å². The Morgan fingerprint density at radius 1 is 1.32 bits per heavy atom. The standard InChI is InChI=1S/C21H31BN2O/c1-15-20(4-3-19-5-8-22(25)12-21(15)19)11-17-13-24(14-17)16(2)18-6-9-23-10-7-18/h3-4,17-18,23,25H,2,5-14H2,1H3. The first-order valence-corrected chi connectivity index (χ1v) is 10.0. The molecule has 134 valence electrons. The third-order valence-electron chi connectivity index (χ3n) is 6.68. The van der Waals surface area contributed by atoms with Gasteiger partial charge in [-0.2, -0.15) is 0 Å². The van der Waals surface area contributed by atoms with E-state index in [0.717, 1.165) is 38.1 Å². The van der Waals surface area contributed by atoms with E-state index in [9.17, 15) is 5.02 Å². The summed E-state index contributed by atoms with van der Waals surface area (Å²) >= 11 is 0. The molecule has 0 bridgehead atoms.